The zero-order valence-corrected chi connectivity index (χ0v) is 16.3. The smallest absolute Gasteiger partial charge is 0.261 e. The molecule has 3 amide bonds. The zero-order valence-electron chi connectivity index (χ0n) is 16.3. The highest BCUT2D eigenvalue weighted by molar-refractivity contribution is 6.21. The molecule has 0 atom stereocenters. The average molecular weight is 392 g/mol. The lowest BCUT2D eigenvalue weighted by Crippen LogP contribution is -2.35. The van der Waals surface area contributed by atoms with Gasteiger partial charge in [-0.05, 0) is 56.0 Å². The van der Waals surface area contributed by atoms with E-state index in [9.17, 15) is 14.4 Å². The number of amides is 3. The second kappa shape index (κ2) is 8.47. The van der Waals surface area contributed by atoms with Gasteiger partial charge in [0.05, 0.1) is 17.7 Å². The van der Waals surface area contributed by atoms with Crippen LogP contribution in [0.5, 0.6) is 5.75 Å². The van der Waals surface area contributed by atoms with Gasteiger partial charge in [0, 0.05) is 25.2 Å². The van der Waals surface area contributed by atoms with Crippen molar-refractivity contribution in [1.29, 1.82) is 0 Å². The molecule has 2 heterocycles. The summed E-state index contributed by atoms with van der Waals surface area (Å²) in [4.78, 5) is 40.5. The van der Waals surface area contributed by atoms with E-state index in [1.54, 1.807) is 30.3 Å². The summed E-state index contributed by atoms with van der Waals surface area (Å²) in [6.45, 7) is 2.28. The van der Waals surface area contributed by atoms with Crippen LogP contribution in [0.1, 0.15) is 56.8 Å². The number of rotatable bonds is 6. The number of piperidine rings is 1. The molecule has 2 aromatic rings. The Labute approximate surface area is 170 Å². The molecule has 4 rings (SSSR count). The molecule has 0 unspecified atom stereocenters. The summed E-state index contributed by atoms with van der Waals surface area (Å²) < 4.78 is 5.77. The summed E-state index contributed by atoms with van der Waals surface area (Å²) in [6, 6.07) is 14.1. The molecule has 150 valence electrons. The van der Waals surface area contributed by atoms with Crippen molar-refractivity contribution < 1.29 is 19.1 Å². The van der Waals surface area contributed by atoms with Crippen LogP contribution in [0.4, 0.5) is 0 Å². The van der Waals surface area contributed by atoms with Crippen molar-refractivity contribution in [1.82, 2.24) is 9.80 Å². The molecule has 0 aromatic heterocycles. The van der Waals surface area contributed by atoms with Crippen LogP contribution in [0.15, 0.2) is 48.5 Å². The molecule has 6 heteroatoms. The van der Waals surface area contributed by atoms with E-state index in [1.807, 2.05) is 23.1 Å². The number of carbonyl (C=O) groups excluding carboxylic acids is 3. The van der Waals surface area contributed by atoms with Crippen LogP contribution in [-0.2, 0) is 0 Å². The summed E-state index contributed by atoms with van der Waals surface area (Å²) in [5, 5.41) is 0. The van der Waals surface area contributed by atoms with E-state index in [-0.39, 0.29) is 17.7 Å². The molecule has 2 aliphatic rings. The van der Waals surface area contributed by atoms with E-state index in [2.05, 4.69) is 0 Å². The maximum absolute atomic E-state index is 12.6. The van der Waals surface area contributed by atoms with Crippen molar-refractivity contribution in [2.24, 2.45) is 0 Å². The fourth-order valence-electron chi connectivity index (χ4n) is 3.85. The molecule has 0 N–H and O–H groups in total. The standard InChI is InChI=1S/C23H24N2O4/c26-21(24-12-4-1-5-13-24)17-8-6-9-18(16-17)29-15-7-14-25-22(27)19-10-2-3-11-20(19)23(25)28/h2-3,6,8-11,16H,1,4-5,7,12-15H2. The summed E-state index contributed by atoms with van der Waals surface area (Å²) >= 11 is 0. The Morgan fingerprint density at radius 2 is 1.59 bits per heavy atom. The van der Waals surface area contributed by atoms with Gasteiger partial charge in [-0.25, -0.2) is 0 Å². The van der Waals surface area contributed by atoms with Crippen LogP contribution in [0, 0.1) is 0 Å². The lowest BCUT2D eigenvalue weighted by Gasteiger charge is -2.26. The molecule has 2 aliphatic heterocycles. The van der Waals surface area contributed by atoms with Crippen molar-refractivity contribution in [2.45, 2.75) is 25.7 Å². The summed E-state index contributed by atoms with van der Waals surface area (Å²) in [6.07, 6.45) is 3.81. The number of likely N-dealkylation sites (tertiary alicyclic amines) is 1. The number of benzene rings is 2. The van der Waals surface area contributed by atoms with E-state index in [4.69, 9.17) is 4.74 Å². The Balaban J connectivity index is 1.30. The molecule has 1 fully saturated rings. The topological polar surface area (TPSA) is 66.9 Å². The second-order valence-corrected chi connectivity index (χ2v) is 7.39. The van der Waals surface area contributed by atoms with Crippen molar-refractivity contribution in [3.05, 3.63) is 65.2 Å². The number of hydrogen-bond acceptors (Lipinski definition) is 4. The Bertz CT molecular complexity index is 899. The molecule has 0 bridgehead atoms. The van der Waals surface area contributed by atoms with E-state index < -0.39 is 0 Å². The van der Waals surface area contributed by atoms with Crippen LogP contribution in [0.25, 0.3) is 0 Å². The number of fused-ring (bicyclic) bond motifs is 1. The molecule has 0 aliphatic carbocycles. The van der Waals surface area contributed by atoms with Crippen LogP contribution in [0.2, 0.25) is 0 Å². The number of nitrogens with zero attached hydrogens (tertiary/aromatic N) is 2. The van der Waals surface area contributed by atoms with Crippen molar-refractivity contribution >= 4 is 17.7 Å². The third-order valence-electron chi connectivity index (χ3n) is 5.40. The maximum Gasteiger partial charge on any atom is 0.261 e. The van der Waals surface area contributed by atoms with Gasteiger partial charge in [0.1, 0.15) is 5.75 Å². The third-order valence-corrected chi connectivity index (χ3v) is 5.40. The molecule has 0 saturated carbocycles. The number of ether oxygens (including phenoxy) is 1. The van der Waals surface area contributed by atoms with Gasteiger partial charge in [0.2, 0.25) is 0 Å². The van der Waals surface area contributed by atoms with Crippen molar-refractivity contribution in [2.75, 3.05) is 26.2 Å². The minimum Gasteiger partial charge on any atom is -0.494 e. The lowest BCUT2D eigenvalue weighted by molar-refractivity contribution is 0.0644. The van der Waals surface area contributed by atoms with Gasteiger partial charge in [0.15, 0.2) is 0 Å². The van der Waals surface area contributed by atoms with E-state index in [0.29, 0.717) is 42.0 Å². The Morgan fingerprint density at radius 3 is 2.28 bits per heavy atom. The van der Waals surface area contributed by atoms with E-state index in [0.717, 1.165) is 25.9 Å². The van der Waals surface area contributed by atoms with E-state index >= 15 is 0 Å². The molecule has 6 nitrogen and oxygen atoms in total. The highest BCUT2D eigenvalue weighted by atomic mass is 16.5. The van der Waals surface area contributed by atoms with Gasteiger partial charge in [0.25, 0.3) is 17.7 Å². The SMILES string of the molecule is O=C(c1cccc(OCCCN2C(=O)c3ccccc3C2=O)c1)N1CCCCC1. The number of hydrogen-bond donors (Lipinski definition) is 0. The highest BCUT2D eigenvalue weighted by Crippen LogP contribution is 2.23. The van der Waals surface area contributed by atoms with Crippen LogP contribution in [-0.4, -0.2) is 53.8 Å². The first-order valence-electron chi connectivity index (χ1n) is 10.1. The normalized spacial score (nSPS) is 16.1. The fourth-order valence-corrected chi connectivity index (χ4v) is 3.85. The lowest BCUT2D eigenvalue weighted by atomic mass is 10.1. The monoisotopic (exact) mass is 392 g/mol. The van der Waals surface area contributed by atoms with Gasteiger partial charge in [-0.3, -0.25) is 19.3 Å². The van der Waals surface area contributed by atoms with Crippen LogP contribution < -0.4 is 4.74 Å². The van der Waals surface area contributed by atoms with Gasteiger partial charge in [-0.1, -0.05) is 18.2 Å². The molecular weight excluding hydrogens is 368 g/mol. The Kier molecular flexibility index (Phi) is 5.60. The minimum absolute atomic E-state index is 0.0428. The largest absolute Gasteiger partial charge is 0.494 e. The predicted octanol–water partition coefficient (Wildman–Crippen LogP) is 3.38. The first-order chi connectivity index (χ1) is 14.1. The molecule has 1 saturated heterocycles. The molecule has 0 radical (unpaired) electrons. The summed E-state index contributed by atoms with van der Waals surface area (Å²) in [5.74, 6) is 0.163. The first kappa shape index (κ1) is 19.2. The van der Waals surface area contributed by atoms with Gasteiger partial charge >= 0.3 is 0 Å². The summed E-state index contributed by atoms with van der Waals surface area (Å²) in [5.41, 5.74) is 1.55. The molecule has 2 aromatic carbocycles. The van der Waals surface area contributed by atoms with Gasteiger partial charge in [-0.2, -0.15) is 0 Å². The average Bonchev–Trinajstić information content (AvgIpc) is 3.02. The highest BCUT2D eigenvalue weighted by Gasteiger charge is 2.34. The van der Waals surface area contributed by atoms with Crippen molar-refractivity contribution in [3.63, 3.8) is 0 Å². The zero-order chi connectivity index (χ0) is 20.2. The fraction of sp³-hybridized carbons (Fsp3) is 0.348. The van der Waals surface area contributed by atoms with E-state index in [1.165, 1.54) is 11.3 Å². The minimum atomic E-state index is -0.250. The quantitative estimate of drug-likeness (QED) is 0.558. The van der Waals surface area contributed by atoms with Gasteiger partial charge in [-0.15, -0.1) is 0 Å². The number of imide groups is 1. The summed E-state index contributed by atoms with van der Waals surface area (Å²) in [7, 11) is 0. The van der Waals surface area contributed by atoms with Crippen LogP contribution in [0.3, 0.4) is 0 Å². The second-order valence-electron chi connectivity index (χ2n) is 7.39. The Hall–Kier alpha value is -3.15. The third kappa shape index (κ3) is 4.01. The molecular formula is C23H24N2O4. The Morgan fingerprint density at radius 1 is 0.897 bits per heavy atom. The molecule has 0 spiro atoms. The van der Waals surface area contributed by atoms with Crippen LogP contribution >= 0.6 is 0 Å². The first-order valence-corrected chi connectivity index (χ1v) is 10.1. The molecule has 29 heavy (non-hydrogen) atoms. The predicted molar refractivity (Wildman–Crippen MR) is 108 cm³/mol. The maximum atomic E-state index is 12.6. The number of carbonyl (C=O) groups is 3. The van der Waals surface area contributed by atoms with Crippen molar-refractivity contribution in [3.8, 4) is 5.75 Å². The van der Waals surface area contributed by atoms with Gasteiger partial charge < -0.3 is 9.64 Å².